The Labute approximate surface area is 123 Å². The molecule has 0 aliphatic heterocycles. The van der Waals surface area contributed by atoms with Crippen LogP contribution in [-0.2, 0) is 0 Å². The van der Waals surface area contributed by atoms with Crippen LogP contribution in [0.2, 0.25) is 0 Å². The lowest BCUT2D eigenvalue weighted by Crippen LogP contribution is -2.03. The lowest BCUT2D eigenvalue weighted by atomic mass is 9.98. The Hall–Kier alpha value is -2.80. The highest BCUT2D eigenvalue weighted by molar-refractivity contribution is 5.79. The maximum atomic E-state index is 9.48. The van der Waals surface area contributed by atoms with Crippen molar-refractivity contribution in [2.24, 2.45) is 0 Å². The van der Waals surface area contributed by atoms with E-state index in [0.717, 1.165) is 22.2 Å². The molecule has 0 saturated heterocycles. The van der Waals surface area contributed by atoms with Crippen molar-refractivity contribution >= 4 is 11.0 Å². The van der Waals surface area contributed by atoms with Crippen LogP contribution in [0.1, 0.15) is 28.4 Å². The van der Waals surface area contributed by atoms with Gasteiger partial charge in [0.25, 0.3) is 0 Å². The summed E-state index contributed by atoms with van der Waals surface area (Å²) in [6.45, 7) is 3.99. The van der Waals surface area contributed by atoms with Crippen LogP contribution in [0.4, 0.5) is 0 Å². The molecular formula is C17H14N4. The van der Waals surface area contributed by atoms with E-state index < -0.39 is 5.92 Å². The average Bonchev–Trinajstić information content (AvgIpc) is 2.48. The average molecular weight is 274 g/mol. The summed E-state index contributed by atoms with van der Waals surface area (Å²) < 4.78 is 0. The van der Waals surface area contributed by atoms with Crippen molar-refractivity contribution < 1.29 is 0 Å². The summed E-state index contributed by atoms with van der Waals surface area (Å²) in [5.74, 6) is -0.425. The summed E-state index contributed by atoms with van der Waals surface area (Å²) in [7, 11) is 0. The highest BCUT2D eigenvalue weighted by Gasteiger charge is 2.16. The van der Waals surface area contributed by atoms with E-state index in [0.29, 0.717) is 11.3 Å². The zero-order valence-corrected chi connectivity index (χ0v) is 11.9. The summed E-state index contributed by atoms with van der Waals surface area (Å²) in [4.78, 5) is 13.1. The summed E-state index contributed by atoms with van der Waals surface area (Å²) >= 11 is 0. The molecule has 0 aliphatic carbocycles. The molecule has 1 atom stereocenters. The van der Waals surface area contributed by atoms with Gasteiger partial charge in [0, 0.05) is 23.5 Å². The van der Waals surface area contributed by atoms with Gasteiger partial charge in [-0.3, -0.25) is 4.98 Å². The molecule has 21 heavy (non-hydrogen) atoms. The van der Waals surface area contributed by atoms with Gasteiger partial charge in [-0.15, -0.1) is 0 Å². The largest absolute Gasteiger partial charge is 0.264 e. The predicted octanol–water partition coefficient (Wildman–Crippen LogP) is 3.30. The molecule has 102 valence electrons. The van der Waals surface area contributed by atoms with Crippen molar-refractivity contribution in [2.75, 3.05) is 0 Å². The van der Waals surface area contributed by atoms with Gasteiger partial charge in [0.05, 0.1) is 11.8 Å². The molecule has 3 aromatic heterocycles. The third kappa shape index (κ3) is 2.46. The van der Waals surface area contributed by atoms with Gasteiger partial charge in [0.2, 0.25) is 0 Å². The number of fused-ring (bicyclic) bond motifs is 1. The molecule has 1 unspecified atom stereocenters. The standard InChI is InChI=1S/C17H14N4/c1-11-8-12(2)20-17-14(11)5-6-16(21-17)15(9-18)13-4-3-7-19-10-13/h3-8,10,15H,1-2H3. The Balaban J connectivity index is 2.14. The molecule has 0 fully saturated rings. The molecule has 4 nitrogen and oxygen atoms in total. The number of hydrogen-bond donors (Lipinski definition) is 0. The van der Waals surface area contributed by atoms with Crippen LogP contribution in [0.25, 0.3) is 11.0 Å². The van der Waals surface area contributed by atoms with Gasteiger partial charge in [-0.2, -0.15) is 5.26 Å². The predicted molar refractivity (Wildman–Crippen MR) is 80.7 cm³/mol. The summed E-state index contributed by atoms with van der Waals surface area (Å²) in [5, 5.41) is 10.5. The molecule has 0 aliphatic rings. The molecule has 3 heterocycles. The zero-order chi connectivity index (χ0) is 14.8. The number of aryl methyl sites for hydroxylation is 2. The van der Waals surface area contributed by atoms with Gasteiger partial charge in [-0.25, -0.2) is 9.97 Å². The van der Waals surface area contributed by atoms with Crippen molar-refractivity contribution in [1.82, 2.24) is 15.0 Å². The van der Waals surface area contributed by atoms with Crippen molar-refractivity contribution in [1.29, 1.82) is 5.26 Å². The van der Waals surface area contributed by atoms with E-state index in [1.807, 2.05) is 44.2 Å². The van der Waals surface area contributed by atoms with Crippen LogP contribution in [0.15, 0.2) is 42.7 Å². The number of nitrogens with zero attached hydrogens (tertiary/aromatic N) is 4. The van der Waals surface area contributed by atoms with Crippen LogP contribution < -0.4 is 0 Å². The molecular weight excluding hydrogens is 260 g/mol. The summed E-state index contributed by atoms with van der Waals surface area (Å²) in [5.41, 5.74) is 4.31. The number of rotatable bonds is 2. The van der Waals surface area contributed by atoms with Crippen molar-refractivity contribution in [2.45, 2.75) is 19.8 Å². The fourth-order valence-electron chi connectivity index (χ4n) is 2.47. The van der Waals surface area contributed by atoms with E-state index in [1.54, 1.807) is 12.4 Å². The quantitative estimate of drug-likeness (QED) is 0.719. The molecule has 3 rings (SSSR count). The van der Waals surface area contributed by atoms with E-state index in [9.17, 15) is 5.26 Å². The number of pyridine rings is 3. The monoisotopic (exact) mass is 274 g/mol. The first kappa shape index (κ1) is 13.2. The Morgan fingerprint density at radius 2 is 2.00 bits per heavy atom. The number of hydrogen-bond acceptors (Lipinski definition) is 4. The van der Waals surface area contributed by atoms with E-state index >= 15 is 0 Å². The highest BCUT2D eigenvalue weighted by Crippen LogP contribution is 2.24. The minimum atomic E-state index is -0.425. The fraction of sp³-hybridized carbons (Fsp3) is 0.176. The third-order valence-corrected chi connectivity index (χ3v) is 3.47. The molecule has 0 radical (unpaired) electrons. The van der Waals surface area contributed by atoms with E-state index in [2.05, 4.69) is 21.0 Å². The molecule has 3 aromatic rings. The lowest BCUT2D eigenvalue weighted by molar-refractivity contribution is 0.960. The first-order chi connectivity index (χ1) is 10.2. The third-order valence-electron chi connectivity index (χ3n) is 3.47. The van der Waals surface area contributed by atoms with Crippen molar-refractivity contribution in [3.63, 3.8) is 0 Å². The maximum Gasteiger partial charge on any atom is 0.159 e. The molecule has 0 bridgehead atoms. The van der Waals surface area contributed by atoms with Crippen molar-refractivity contribution in [3.8, 4) is 6.07 Å². The Kier molecular flexibility index (Phi) is 3.33. The van der Waals surface area contributed by atoms with Crippen LogP contribution >= 0.6 is 0 Å². The van der Waals surface area contributed by atoms with Crippen LogP contribution in [-0.4, -0.2) is 15.0 Å². The number of nitriles is 1. The number of aromatic nitrogens is 3. The second-order valence-electron chi connectivity index (χ2n) is 5.04. The topological polar surface area (TPSA) is 62.5 Å². The molecule has 0 spiro atoms. The normalized spacial score (nSPS) is 12.0. The van der Waals surface area contributed by atoms with Gasteiger partial charge >= 0.3 is 0 Å². The zero-order valence-electron chi connectivity index (χ0n) is 11.9. The van der Waals surface area contributed by atoms with Crippen LogP contribution in [0.3, 0.4) is 0 Å². The van der Waals surface area contributed by atoms with Gasteiger partial charge in [-0.05, 0) is 49.2 Å². The summed E-state index contributed by atoms with van der Waals surface area (Å²) in [6, 6.07) is 11.9. The van der Waals surface area contributed by atoms with Gasteiger partial charge in [0.15, 0.2) is 5.65 Å². The van der Waals surface area contributed by atoms with E-state index in [4.69, 9.17) is 0 Å². The highest BCUT2D eigenvalue weighted by atomic mass is 14.9. The summed E-state index contributed by atoms with van der Waals surface area (Å²) in [6.07, 6.45) is 3.40. The molecule has 0 N–H and O–H groups in total. The molecule has 0 saturated carbocycles. The second kappa shape index (κ2) is 5.29. The smallest absolute Gasteiger partial charge is 0.159 e. The first-order valence-electron chi connectivity index (χ1n) is 6.73. The SMILES string of the molecule is Cc1cc(C)c2ccc(C(C#N)c3cccnc3)nc2n1. The molecule has 4 heteroatoms. The minimum absolute atomic E-state index is 0.425. The Morgan fingerprint density at radius 3 is 2.71 bits per heavy atom. The molecule has 0 aromatic carbocycles. The van der Waals surface area contributed by atoms with Crippen LogP contribution in [0.5, 0.6) is 0 Å². The molecule has 0 amide bonds. The fourth-order valence-corrected chi connectivity index (χ4v) is 2.47. The van der Waals surface area contributed by atoms with E-state index in [-0.39, 0.29) is 0 Å². The Morgan fingerprint density at radius 1 is 1.14 bits per heavy atom. The lowest BCUT2D eigenvalue weighted by Gasteiger charge is -2.10. The Bertz CT molecular complexity index is 835. The van der Waals surface area contributed by atoms with Gasteiger partial charge in [0.1, 0.15) is 5.92 Å². The van der Waals surface area contributed by atoms with Crippen LogP contribution in [0, 0.1) is 25.2 Å². The van der Waals surface area contributed by atoms with Gasteiger partial charge < -0.3 is 0 Å². The minimum Gasteiger partial charge on any atom is -0.264 e. The maximum absolute atomic E-state index is 9.48. The van der Waals surface area contributed by atoms with E-state index in [1.165, 1.54) is 0 Å². The second-order valence-corrected chi connectivity index (χ2v) is 5.04. The first-order valence-corrected chi connectivity index (χ1v) is 6.73. The van der Waals surface area contributed by atoms with Gasteiger partial charge in [-0.1, -0.05) is 6.07 Å². The van der Waals surface area contributed by atoms with Crippen molar-refractivity contribution in [3.05, 3.63) is 65.2 Å².